The van der Waals surface area contributed by atoms with Crippen molar-refractivity contribution in [3.05, 3.63) is 36.2 Å². The smallest absolute Gasteiger partial charge is 0.0919 e. The highest BCUT2D eigenvalue weighted by Gasteiger charge is 1.84. The Morgan fingerprint density at radius 3 is 2.33 bits per heavy atom. The molecule has 0 saturated heterocycles. The van der Waals surface area contributed by atoms with Crippen molar-refractivity contribution in [2.45, 2.75) is 13.8 Å². The number of aryl methyl sites for hydroxylation is 2. The Bertz CT molecular complexity index is 263. The van der Waals surface area contributed by atoms with Crippen molar-refractivity contribution in [2.75, 3.05) is 0 Å². The predicted molar refractivity (Wildman–Crippen MR) is 46.6 cm³/mol. The van der Waals surface area contributed by atoms with Crippen LogP contribution in [0.25, 0.3) is 0 Å². The van der Waals surface area contributed by atoms with E-state index in [1.807, 2.05) is 19.9 Å². The third kappa shape index (κ3) is 3.01. The van der Waals surface area contributed by atoms with Crippen LogP contribution in [0.4, 0.5) is 0 Å². The van der Waals surface area contributed by atoms with Gasteiger partial charge in [0.1, 0.15) is 0 Å². The second kappa shape index (κ2) is 4.33. The van der Waals surface area contributed by atoms with Gasteiger partial charge in [0.05, 0.1) is 12.0 Å². The second-order valence-electron chi connectivity index (χ2n) is 2.45. The maximum absolute atomic E-state index is 3.89. The number of imidazole rings is 1. The van der Waals surface area contributed by atoms with Crippen molar-refractivity contribution in [2.24, 2.45) is 0 Å². The number of nitrogens with one attached hydrogen (secondary N) is 2. The molecule has 0 saturated carbocycles. The first-order valence-electron chi connectivity index (χ1n) is 3.70. The molecular formula is C8H12N4. The summed E-state index contributed by atoms with van der Waals surface area (Å²) in [7, 11) is 0. The van der Waals surface area contributed by atoms with Crippen LogP contribution in [-0.4, -0.2) is 20.2 Å². The first-order valence-corrected chi connectivity index (χ1v) is 3.70. The van der Waals surface area contributed by atoms with Gasteiger partial charge in [-0.25, -0.2) is 4.98 Å². The molecule has 0 radical (unpaired) electrons. The fraction of sp³-hybridized carbons (Fsp3) is 0.250. The maximum atomic E-state index is 3.89. The van der Waals surface area contributed by atoms with Crippen LogP contribution >= 0.6 is 0 Å². The average Bonchev–Trinajstić information content (AvgIpc) is 2.63. The number of H-pyrrole nitrogens is 2. The molecule has 2 aromatic rings. The summed E-state index contributed by atoms with van der Waals surface area (Å²) >= 11 is 0. The molecule has 0 amide bonds. The molecule has 4 nitrogen and oxygen atoms in total. The summed E-state index contributed by atoms with van der Waals surface area (Å²) in [6.45, 7) is 3.95. The van der Waals surface area contributed by atoms with E-state index in [2.05, 4.69) is 20.2 Å². The molecule has 2 N–H and O–H groups in total. The molecule has 0 aliphatic carbocycles. The van der Waals surface area contributed by atoms with Gasteiger partial charge in [0.2, 0.25) is 0 Å². The Morgan fingerprint density at radius 2 is 2.17 bits per heavy atom. The summed E-state index contributed by atoms with van der Waals surface area (Å²) in [5, 5.41) is 6.71. The van der Waals surface area contributed by atoms with E-state index in [0.717, 1.165) is 11.4 Å². The molecule has 64 valence electrons. The van der Waals surface area contributed by atoms with E-state index in [1.165, 1.54) is 0 Å². The van der Waals surface area contributed by atoms with Crippen LogP contribution in [0.15, 0.2) is 24.8 Å². The van der Waals surface area contributed by atoms with E-state index in [1.54, 1.807) is 18.7 Å². The predicted octanol–water partition coefficient (Wildman–Crippen LogP) is 1.44. The van der Waals surface area contributed by atoms with Crippen LogP contribution in [0.2, 0.25) is 0 Å². The lowest BCUT2D eigenvalue weighted by molar-refractivity contribution is 1.02. The van der Waals surface area contributed by atoms with Gasteiger partial charge < -0.3 is 4.98 Å². The van der Waals surface area contributed by atoms with E-state index in [-0.39, 0.29) is 0 Å². The maximum Gasteiger partial charge on any atom is 0.0919 e. The molecule has 2 rings (SSSR count). The zero-order valence-electron chi connectivity index (χ0n) is 7.20. The second-order valence-corrected chi connectivity index (χ2v) is 2.45. The molecule has 2 heterocycles. The Kier molecular flexibility index (Phi) is 3.07. The molecule has 0 aliphatic rings. The number of aromatic nitrogens is 4. The van der Waals surface area contributed by atoms with E-state index in [0.29, 0.717) is 0 Å². The molecule has 0 spiro atoms. The van der Waals surface area contributed by atoms with Gasteiger partial charge in [0.25, 0.3) is 0 Å². The number of aromatic amines is 2. The van der Waals surface area contributed by atoms with Crippen LogP contribution in [0, 0.1) is 13.8 Å². The van der Waals surface area contributed by atoms with Gasteiger partial charge in [-0.3, -0.25) is 5.10 Å². The van der Waals surface area contributed by atoms with Gasteiger partial charge in [0, 0.05) is 18.1 Å². The van der Waals surface area contributed by atoms with Gasteiger partial charge in [0.15, 0.2) is 0 Å². The fourth-order valence-electron chi connectivity index (χ4n) is 0.769. The summed E-state index contributed by atoms with van der Waals surface area (Å²) in [4.78, 5) is 6.42. The monoisotopic (exact) mass is 164 g/mol. The quantitative estimate of drug-likeness (QED) is 0.619. The van der Waals surface area contributed by atoms with Crippen LogP contribution in [-0.2, 0) is 0 Å². The summed E-state index contributed by atoms with van der Waals surface area (Å²) in [5.74, 6) is 0. The molecule has 0 atom stereocenters. The van der Waals surface area contributed by atoms with E-state index in [4.69, 9.17) is 0 Å². The topological polar surface area (TPSA) is 57.4 Å². The van der Waals surface area contributed by atoms with Crippen molar-refractivity contribution in [1.82, 2.24) is 20.2 Å². The van der Waals surface area contributed by atoms with Gasteiger partial charge in [-0.1, -0.05) is 0 Å². The van der Waals surface area contributed by atoms with Crippen molar-refractivity contribution in [3.8, 4) is 0 Å². The molecule has 4 heteroatoms. The Balaban J connectivity index is 0.000000127. The first-order chi connectivity index (χ1) is 5.79. The number of hydrogen-bond acceptors (Lipinski definition) is 2. The number of nitrogens with zero attached hydrogens (tertiary/aromatic N) is 2. The lowest BCUT2D eigenvalue weighted by atomic mass is 10.4. The highest BCUT2D eigenvalue weighted by molar-refractivity contribution is 5.03. The lowest BCUT2D eigenvalue weighted by Gasteiger charge is -1.68. The van der Waals surface area contributed by atoms with E-state index in [9.17, 15) is 0 Å². The number of rotatable bonds is 0. The summed E-state index contributed by atoms with van der Waals surface area (Å²) < 4.78 is 0. The highest BCUT2D eigenvalue weighted by atomic mass is 15.1. The zero-order valence-corrected chi connectivity index (χ0v) is 7.20. The summed E-state index contributed by atoms with van der Waals surface area (Å²) in [6, 6.07) is 2.00. The first kappa shape index (κ1) is 8.52. The largest absolute Gasteiger partial charge is 0.351 e. The summed E-state index contributed by atoms with van der Waals surface area (Å²) in [6.07, 6.45) is 5.08. The Labute approximate surface area is 71.1 Å². The third-order valence-corrected chi connectivity index (χ3v) is 1.24. The molecule has 0 unspecified atom stereocenters. The Morgan fingerprint density at radius 1 is 1.33 bits per heavy atom. The van der Waals surface area contributed by atoms with Crippen LogP contribution in [0.3, 0.4) is 0 Å². The molecule has 0 bridgehead atoms. The average molecular weight is 164 g/mol. The van der Waals surface area contributed by atoms with Crippen LogP contribution in [0.1, 0.15) is 11.4 Å². The lowest BCUT2D eigenvalue weighted by Crippen LogP contribution is -1.68. The van der Waals surface area contributed by atoms with Gasteiger partial charge >= 0.3 is 0 Å². The standard InChI is InChI=1S/C5H8N2.C3H4N2/c1-4-3-5(2)7-6-4;1-2-5-3-4-1/h3H,1-2H3,(H,6,7);1-3H,(H,4,5). The SMILES string of the molecule is Cc1cc(C)[nH]n1.c1c[nH]cn1. The van der Waals surface area contributed by atoms with Crippen molar-refractivity contribution < 1.29 is 0 Å². The van der Waals surface area contributed by atoms with Crippen molar-refractivity contribution >= 4 is 0 Å². The van der Waals surface area contributed by atoms with Crippen molar-refractivity contribution in [1.29, 1.82) is 0 Å². The molecule has 2 aromatic heterocycles. The minimum Gasteiger partial charge on any atom is -0.351 e. The number of hydrogen-bond donors (Lipinski definition) is 2. The van der Waals surface area contributed by atoms with Gasteiger partial charge in [-0.15, -0.1) is 0 Å². The molecule has 0 aliphatic heterocycles. The molecule has 0 fully saturated rings. The molecule has 0 aromatic carbocycles. The van der Waals surface area contributed by atoms with E-state index < -0.39 is 0 Å². The highest BCUT2D eigenvalue weighted by Crippen LogP contribution is 1.92. The minimum atomic E-state index is 1.05. The summed E-state index contributed by atoms with van der Waals surface area (Å²) in [5.41, 5.74) is 2.18. The van der Waals surface area contributed by atoms with Crippen LogP contribution in [0.5, 0.6) is 0 Å². The molecular weight excluding hydrogens is 152 g/mol. The molecule has 12 heavy (non-hydrogen) atoms. The minimum absolute atomic E-state index is 1.05. The zero-order chi connectivity index (χ0) is 8.81. The normalized spacial score (nSPS) is 8.83. The van der Waals surface area contributed by atoms with Gasteiger partial charge in [-0.2, -0.15) is 5.10 Å². The van der Waals surface area contributed by atoms with Crippen molar-refractivity contribution in [3.63, 3.8) is 0 Å². The van der Waals surface area contributed by atoms with E-state index >= 15 is 0 Å². The third-order valence-electron chi connectivity index (χ3n) is 1.24. The Hall–Kier alpha value is -1.58. The van der Waals surface area contributed by atoms with Crippen LogP contribution < -0.4 is 0 Å². The fourth-order valence-corrected chi connectivity index (χ4v) is 0.769. The van der Waals surface area contributed by atoms with Gasteiger partial charge in [-0.05, 0) is 19.9 Å².